The largest absolute Gasteiger partial charge is 0.492 e. The smallest absolute Gasteiger partial charge is 0.208 e. The summed E-state index contributed by atoms with van der Waals surface area (Å²) < 4.78 is 38.6. The van der Waals surface area contributed by atoms with Crippen LogP contribution < -0.4 is 9.47 Å². The number of nitrogens with zero attached hydrogens (tertiary/aromatic N) is 2. The van der Waals surface area contributed by atoms with Gasteiger partial charge in [0.15, 0.2) is 0 Å². The van der Waals surface area contributed by atoms with Crippen LogP contribution in [0.4, 0.5) is 0 Å². The Labute approximate surface area is 212 Å². The second-order valence-electron chi connectivity index (χ2n) is 9.20. The summed E-state index contributed by atoms with van der Waals surface area (Å²) >= 11 is 0. The van der Waals surface area contributed by atoms with Gasteiger partial charge in [0, 0.05) is 24.2 Å². The average molecular weight is 503 g/mol. The molecule has 1 heterocycles. The molecule has 6 nitrogen and oxygen atoms in total. The van der Waals surface area contributed by atoms with Crippen LogP contribution in [0, 0.1) is 0 Å². The lowest BCUT2D eigenvalue weighted by atomic mass is 10.1. The van der Waals surface area contributed by atoms with Crippen LogP contribution in [0.5, 0.6) is 11.5 Å². The molecule has 0 bridgehead atoms. The van der Waals surface area contributed by atoms with E-state index in [0.29, 0.717) is 34.5 Å². The molecule has 7 heteroatoms. The van der Waals surface area contributed by atoms with Crippen LogP contribution in [-0.4, -0.2) is 70.7 Å². The van der Waals surface area contributed by atoms with E-state index < -0.39 is 9.84 Å². The molecule has 2 aromatic rings. The Morgan fingerprint density at radius 1 is 0.600 bits per heavy atom. The van der Waals surface area contributed by atoms with Gasteiger partial charge in [-0.25, -0.2) is 8.42 Å². The van der Waals surface area contributed by atoms with Crippen molar-refractivity contribution in [3.8, 4) is 22.6 Å². The van der Waals surface area contributed by atoms with Crippen molar-refractivity contribution in [2.45, 2.75) is 63.2 Å². The molecule has 35 heavy (non-hydrogen) atoms. The highest BCUT2D eigenvalue weighted by atomic mass is 32.2. The lowest BCUT2D eigenvalue weighted by Crippen LogP contribution is -2.30. The summed E-state index contributed by atoms with van der Waals surface area (Å²) in [6.45, 7) is 15.6. The lowest BCUT2D eigenvalue weighted by Gasteiger charge is -2.21. The Morgan fingerprint density at radius 2 is 0.971 bits per heavy atom. The molecule has 0 radical (unpaired) electrons. The van der Waals surface area contributed by atoms with Gasteiger partial charge in [-0.2, -0.15) is 0 Å². The van der Waals surface area contributed by atoms with Gasteiger partial charge in [0.2, 0.25) is 9.84 Å². The van der Waals surface area contributed by atoms with Crippen LogP contribution in [0.3, 0.4) is 0 Å². The molecular formula is C28H42N2O4S. The molecule has 0 atom stereocenters. The lowest BCUT2D eigenvalue weighted by molar-refractivity contribution is 0.208. The van der Waals surface area contributed by atoms with E-state index in [4.69, 9.17) is 9.47 Å². The number of ether oxygens (including phenoxy) is 2. The van der Waals surface area contributed by atoms with E-state index in [2.05, 4.69) is 37.5 Å². The van der Waals surface area contributed by atoms with Gasteiger partial charge in [0.05, 0.1) is 9.79 Å². The van der Waals surface area contributed by atoms with Gasteiger partial charge in [-0.15, -0.1) is 0 Å². The zero-order valence-corrected chi connectivity index (χ0v) is 22.7. The number of rotatable bonds is 16. The number of hydrogen-bond acceptors (Lipinski definition) is 6. The third kappa shape index (κ3) is 6.99. The first-order valence-corrected chi connectivity index (χ1v) is 14.7. The quantitative estimate of drug-likeness (QED) is 0.258. The molecule has 0 saturated heterocycles. The first-order valence-electron chi connectivity index (χ1n) is 13.2. The van der Waals surface area contributed by atoms with Crippen molar-refractivity contribution in [1.29, 1.82) is 0 Å². The minimum Gasteiger partial charge on any atom is -0.492 e. The number of sulfone groups is 1. The van der Waals surface area contributed by atoms with Crippen LogP contribution in [0.25, 0.3) is 11.1 Å². The number of fused-ring (bicyclic) bond motifs is 3. The monoisotopic (exact) mass is 502 g/mol. The second kappa shape index (κ2) is 13.3. The van der Waals surface area contributed by atoms with Gasteiger partial charge in [-0.3, -0.25) is 9.80 Å². The Bertz CT molecular complexity index is 965. The normalized spacial score (nSPS) is 13.8. The van der Waals surface area contributed by atoms with Gasteiger partial charge in [0.25, 0.3) is 0 Å². The van der Waals surface area contributed by atoms with Crippen LogP contribution in [-0.2, 0) is 9.84 Å². The third-order valence-corrected chi connectivity index (χ3v) is 8.12. The highest BCUT2D eigenvalue weighted by Crippen LogP contribution is 2.45. The minimum atomic E-state index is -3.61. The van der Waals surface area contributed by atoms with E-state index in [1.807, 2.05) is 24.3 Å². The molecule has 0 fully saturated rings. The highest BCUT2D eigenvalue weighted by molar-refractivity contribution is 7.92. The molecule has 1 aliphatic rings. The molecule has 1 aliphatic heterocycles. The van der Waals surface area contributed by atoms with E-state index in [0.717, 1.165) is 76.1 Å². The van der Waals surface area contributed by atoms with Gasteiger partial charge >= 0.3 is 0 Å². The van der Waals surface area contributed by atoms with Crippen molar-refractivity contribution < 1.29 is 17.9 Å². The standard InChI is InChI=1S/C28H42N2O4S/c1-5-13-29(14-6-2)17-19-33-23-9-11-25-26-12-10-24(22-28(26)35(31,32)27(25)21-23)34-20-18-30(15-7-3)16-8-4/h9-12,21-22H,5-8,13-20H2,1-4H3. The van der Waals surface area contributed by atoms with Crippen LogP contribution in [0.1, 0.15) is 53.4 Å². The average Bonchev–Trinajstić information content (AvgIpc) is 3.06. The molecule has 194 valence electrons. The van der Waals surface area contributed by atoms with Crippen molar-refractivity contribution in [2.75, 3.05) is 52.5 Å². The topological polar surface area (TPSA) is 59.1 Å². The molecule has 0 unspecified atom stereocenters. The first kappa shape index (κ1) is 27.5. The predicted molar refractivity (Wildman–Crippen MR) is 142 cm³/mol. The molecule has 0 aromatic heterocycles. The second-order valence-corrected chi connectivity index (χ2v) is 11.1. The number of hydrogen-bond donors (Lipinski definition) is 0. The first-order chi connectivity index (χ1) is 16.9. The summed E-state index contributed by atoms with van der Waals surface area (Å²) in [7, 11) is -3.61. The maximum Gasteiger partial charge on any atom is 0.208 e. The van der Waals surface area contributed by atoms with Crippen molar-refractivity contribution >= 4 is 9.84 Å². The highest BCUT2D eigenvalue weighted by Gasteiger charge is 2.33. The molecule has 2 aromatic carbocycles. The molecule has 3 rings (SSSR count). The fraction of sp³-hybridized carbons (Fsp3) is 0.571. The summed E-state index contributed by atoms with van der Waals surface area (Å²) in [6, 6.07) is 10.8. The van der Waals surface area contributed by atoms with Crippen LogP contribution in [0.2, 0.25) is 0 Å². The van der Waals surface area contributed by atoms with Gasteiger partial charge in [0.1, 0.15) is 24.7 Å². The maximum absolute atomic E-state index is 13.4. The van der Waals surface area contributed by atoms with Crippen molar-refractivity contribution in [1.82, 2.24) is 9.80 Å². The van der Waals surface area contributed by atoms with E-state index in [1.54, 1.807) is 12.1 Å². The molecule has 0 amide bonds. The van der Waals surface area contributed by atoms with E-state index >= 15 is 0 Å². The van der Waals surface area contributed by atoms with Crippen LogP contribution in [0.15, 0.2) is 46.2 Å². The van der Waals surface area contributed by atoms with Gasteiger partial charge < -0.3 is 9.47 Å². The zero-order valence-electron chi connectivity index (χ0n) is 21.9. The van der Waals surface area contributed by atoms with E-state index in [1.165, 1.54) is 0 Å². The van der Waals surface area contributed by atoms with Gasteiger partial charge in [-0.1, -0.05) is 27.7 Å². The predicted octanol–water partition coefficient (Wildman–Crippen LogP) is 5.50. The Balaban J connectivity index is 1.67. The van der Waals surface area contributed by atoms with Crippen molar-refractivity contribution in [3.63, 3.8) is 0 Å². The minimum absolute atomic E-state index is 0.318. The van der Waals surface area contributed by atoms with Crippen molar-refractivity contribution in [3.05, 3.63) is 36.4 Å². The van der Waals surface area contributed by atoms with E-state index in [9.17, 15) is 8.42 Å². The van der Waals surface area contributed by atoms with Crippen LogP contribution >= 0.6 is 0 Å². The van der Waals surface area contributed by atoms with Crippen molar-refractivity contribution in [2.24, 2.45) is 0 Å². The molecule has 0 aliphatic carbocycles. The Hall–Kier alpha value is -2.09. The summed E-state index contributed by atoms with van der Waals surface area (Å²) in [5.74, 6) is 1.19. The fourth-order valence-corrected chi connectivity index (χ4v) is 6.43. The Kier molecular flexibility index (Phi) is 10.4. The summed E-state index contributed by atoms with van der Waals surface area (Å²) in [5.41, 5.74) is 1.46. The molecular weight excluding hydrogens is 460 g/mol. The maximum atomic E-state index is 13.4. The number of benzene rings is 2. The molecule has 0 saturated carbocycles. The Morgan fingerprint density at radius 3 is 1.31 bits per heavy atom. The molecule has 0 N–H and O–H groups in total. The summed E-state index contributed by atoms with van der Waals surface area (Å²) in [4.78, 5) is 5.40. The summed E-state index contributed by atoms with van der Waals surface area (Å²) in [5, 5.41) is 0. The third-order valence-electron chi connectivity index (χ3n) is 6.29. The SMILES string of the molecule is CCCN(CCC)CCOc1ccc2c(c1)S(=O)(=O)c1cc(OCCN(CCC)CCC)ccc1-2. The summed E-state index contributed by atoms with van der Waals surface area (Å²) in [6.07, 6.45) is 4.43. The van der Waals surface area contributed by atoms with Gasteiger partial charge in [-0.05, 0) is 88.3 Å². The zero-order chi connectivity index (χ0) is 25.3. The molecule has 0 spiro atoms. The fourth-order valence-electron chi connectivity index (χ4n) is 4.71. The van der Waals surface area contributed by atoms with E-state index in [-0.39, 0.29) is 0 Å².